The van der Waals surface area contributed by atoms with Crippen LogP contribution < -0.4 is 19.6 Å². The summed E-state index contributed by atoms with van der Waals surface area (Å²) in [6, 6.07) is 2.98. The van der Waals surface area contributed by atoms with E-state index in [1.165, 1.54) is 46.5 Å². The van der Waals surface area contributed by atoms with E-state index in [2.05, 4.69) is 4.99 Å². The molecule has 3 aromatic rings. The molecule has 2 aromatic carbocycles. The zero-order valence-electron chi connectivity index (χ0n) is 24.2. The highest BCUT2D eigenvalue weighted by Crippen LogP contribution is 2.59. The Bertz CT molecular complexity index is 1920. The summed E-state index contributed by atoms with van der Waals surface area (Å²) in [6.07, 6.45) is 0.663. The number of aliphatic imine (C=N–C) groups is 1. The largest absolute Gasteiger partial charge is 0.495 e. The highest BCUT2D eigenvalue weighted by atomic mass is 35.5. The van der Waals surface area contributed by atoms with Gasteiger partial charge in [-0.1, -0.05) is 11.6 Å². The average Bonchev–Trinajstić information content (AvgIpc) is 2.99. The zero-order chi connectivity index (χ0) is 31.0. The summed E-state index contributed by atoms with van der Waals surface area (Å²) < 4.78 is 34.3. The molecule has 3 unspecified atom stereocenters. The van der Waals surface area contributed by atoms with Crippen molar-refractivity contribution < 1.29 is 42.8 Å². The van der Waals surface area contributed by atoms with Gasteiger partial charge >= 0.3 is 0 Å². The molecule has 224 valence electrons. The number of ketones is 2. The number of ether oxygens (including phenoxy) is 5. The lowest BCUT2D eigenvalue weighted by Crippen LogP contribution is -2.55. The molecule has 1 N–H and O–H groups in total. The second-order valence-corrected chi connectivity index (χ2v) is 11.0. The third kappa shape index (κ3) is 3.95. The summed E-state index contributed by atoms with van der Waals surface area (Å²) in [7, 11) is 4.18. The van der Waals surface area contributed by atoms with Crippen LogP contribution in [-0.4, -0.2) is 50.7 Å². The van der Waals surface area contributed by atoms with Crippen LogP contribution >= 0.6 is 11.6 Å². The molecule has 0 amide bonds. The summed E-state index contributed by atoms with van der Waals surface area (Å²) in [5.74, 6) is -1.94. The molecule has 0 saturated heterocycles. The first-order chi connectivity index (χ1) is 20.5. The Morgan fingerprint density at radius 1 is 1.12 bits per heavy atom. The van der Waals surface area contributed by atoms with Crippen LogP contribution in [0.4, 0.5) is 0 Å². The van der Waals surface area contributed by atoms with Crippen molar-refractivity contribution in [3.8, 4) is 17.2 Å². The van der Waals surface area contributed by atoms with E-state index in [1.807, 2.05) is 0 Å². The maximum Gasteiger partial charge on any atom is 0.204 e. The maximum atomic E-state index is 14.2. The third-order valence-corrected chi connectivity index (χ3v) is 8.63. The number of hydrogen-bond donors (Lipinski definition) is 1. The Hall–Kier alpha value is -4.19. The number of benzene rings is 2. The number of methoxy groups -OCH3 is 3. The van der Waals surface area contributed by atoms with Crippen molar-refractivity contribution in [3.63, 3.8) is 0 Å². The minimum absolute atomic E-state index is 0.0106. The Labute approximate surface area is 250 Å². The number of fused-ring (bicyclic) bond motifs is 5. The zero-order valence-corrected chi connectivity index (χ0v) is 25.0. The Morgan fingerprint density at radius 2 is 1.84 bits per heavy atom. The van der Waals surface area contributed by atoms with Crippen LogP contribution in [0.15, 0.2) is 49.3 Å². The van der Waals surface area contributed by atoms with E-state index in [1.54, 1.807) is 13.8 Å². The van der Waals surface area contributed by atoms with Crippen LogP contribution in [0.2, 0.25) is 5.02 Å². The number of rotatable bonds is 4. The maximum absolute atomic E-state index is 14.2. The number of Topliss-reactive ketones (excluding diaryl/α,β-unsaturated/α-hetero) is 2. The van der Waals surface area contributed by atoms with Gasteiger partial charge in [-0.25, -0.2) is 4.99 Å². The Balaban J connectivity index is 1.70. The monoisotopic (exact) mass is 609 g/mol. The molecule has 43 heavy (non-hydrogen) atoms. The van der Waals surface area contributed by atoms with Crippen molar-refractivity contribution in [1.29, 1.82) is 0 Å². The van der Waals surface area contributed by atoms with Gasteiger partial charge in [0.2, 0.25) is 5.43 Å². The molecule has 3 atom stereocenters. The van der Waals surface area contributed by atoms with Crippen molar-refractivity contribution >= 4 is 51.0 Å². The number of nitrogens with zero attached hydrogens (tertiary/aromatic N) is 1. The molecule has 0 fully saturated rings. The van der Waals surface area contributed by atoms with Crippen LogP contribution in [0.5, 0.6) is 17.2 Å². The van der Waals surface area contributed by atoms with Crippen molar-refractivity contribution in [2.45, 2.75) is 38.9 Å². The number of carbonyl (C=O) groups is 2. The van der Waals surface area contributed by atoms with Crippen LogP contribution in [0, 0.1) is 5.92 Å². The second-order valence-electron chi connectivity index (χ2n) is 10.6. The van der Waals surface area contributed by atoms with Gasteiger partial charge in [0.25, 0.3) is 0 Å². The van der Waals surface area contributed by atoms with Gasteiger partial charge in [-0.3, -0.25) is 14.4 Å². The van der Waals surface area contributed by atoms with E-state index in [0.717, 1.165) is 0 Å². The lowest BCUT2D eigenvalue weighted by atomic mass is 9.60. The SMILES string of the molecule is COC(C)=N/C(C)=C\C1=C(C)C(=O)C2(O)c3c4c(c5oc6c(OC)c(Cl)ccc6c(=O)c5c3OC)OCOC4CC2C1=O. The van der Waals surface area contributed by atoms with Crippen LogP contribution in [0.1, 0.15) is 44.4 Å². The lowest BCUT2D eigenvalue weighted by Gasteiger charge is -2.47. The normalized spacial score (nSPS) is 23.7. The summed E-state index contributed by atoms with van der Waals surface area (Å²) in [5, 5.41) is 12.7. The van der Waals surface area contributed by atoms with E-state index in [4.69, 9.17) is 39.7 Å². The lowest BCUT2D eigenvalue weighted by molar-refractivity contribution is -0.160. The summed E-state index contributed by atoms with van der Waals surface area (Å²) in [5.41, 5.74) is -2.03. The number of allylic oxidation sites excluding steroid dienone is 3. The van der Waals surface area contributed by atoms with Crippen LogP contribution in [-0.2, 0) is 24.7 Å². The molecule has 0 bridgehead atoms. The molecule has 2 aliphatic carbocycles. The molecule has 0 saturated carbocycles. The fourth-order valence-electron chi connectivity index (χ4n) is 6.35. The minimum Gasteiger partial charge on any atom is -0.495 e. The number of halogens is 1. The number of hydrogen-bond acceptors (Lipinski definition) is 11. The molecule has 11 nitrogen and oxygen atoms in total. The standard InChI is InChI=1S/C31H28ClNO10/c1-12(33-14(3)38-4)9-16-13(2)30(36)31(37)17(23(16)34)10-19-20-22(31)27(40-6)21-24(35)15-7-8-18(32)26(39-5)25(15)43-29(21)28(20)42-11-41-19/h7-9,17,19,37H,10-11H2,1-6H3/b12-9-,33-14?. The van der Waals surface area contributed by atoms with Gasteiger partial charge in [-0.05, 0) is 38.5 Å². The first-order valence-electron chi connectivity index (χ1n) is 13.4. The molecule has 3 aliphatic rings. The molecule has 0 radical (unpaired) electrons. The summed E-state index contributed by atoms with van der Waals surface area (Å²) in [4.78, 5) is 46.6. The van der Waals surface area contributed by atoms with Crippen molar-refractivity contribution in [2.24, 2.45) is 10.9 Å². The molecular weight excluding hydrogens is 582 g/mol. The first-order valence-corrected chi connectivity index (χ1v) is 13.8. The fourth-order valence-corrected chi connectivity index (χ4v) is 6.58. The smallest absolute Gasteiger partial charge is 0.204 e. The number of carbonyl (C=O) groups excluding carboxylic acids is 2. The van der Waals surface area contributed by atoms with Gasteiger partial charge in [-0.2, -0.15) is 0 Å². The van der Waals surface area contributed by atoms with Gasteiger partial charge in [0.15, 0.2) is 52.5 Å². The Morgan fingerprint density at radius 3 is 2.51 bits per heavy atom. The summed E-state index contributed by atoms with van der Waals surface area (Å²) in [6.45, 7) is 4.57. The topological polar surface area (TPSA) is 143 Å². The van der Waals surface area contributed by atoms with Gasteiger partial charge in [0.05, 0.1) is 43.8 Å². The van der Waals surface area contributed by atoms with E-state index in [-0.39, 0.29) is 79.7 Å². The molecule has 1 aromatic heterocycles. The third-order valence-electron chi connectivity index (χ3n) is 8.33. The predicted molar refractivity (Wildman–Crippen MR) is 156 cm³/mol. The average molecular weight is 610 g/mol. The van der Waals surface area contributed by atoms with Crippen molar-refractivity contribution in [3.05, 3.63) is 61.4 Å². The van der Waals surface area contributed by atoms with Gasteiger partial charge < -0.3 is 33.2 Å². The second kappa shape index (κ2) is 10.2. The molecule has 2 heterocycles. The van der Waals surface area contributed by atoms with E-state index >= 15 is 0 Å². The van der Waals surface area contributed by atoms with Crippen LogP contribution in [0.25, 0.3) is 21.9 Å². The van der Waals surface area contributed by atoms with Crippen molar-refractivity contribution in [2.75, 3.05) is 28.1 Å². The highest BCUT2D eigenvalue weighted by molar-refractivity contribution is 6.33. The molecular formula is C31H28ClNO10. The summed E-state index contributed by atoms with van der Waals surface area (Å²) >= 11 is 6.31. The van der Waals surface area contributed by atoms with Crippen LogP contribution in [0.3, 0.4) is 0 Å². The molecule has 12 heteroatoms. The Kier molecular flexibility index (Phi) is 6.87. The quantitative estimate of drug-likeness (QED) is 0.252. The van der Waals surface area contributed by atoms with Crippen molar-refractivity contribution in [1.82, 2.24) is 0 Å². The first kappa shape index (κ1) is 28.9. The van der Waals surface area contributed by atoms with Gasteiger partial charge in [0, 0.05) is 34.9 Å². The predicted octanol–water partition coefficient (Wildman–Crippen LogP) is 4.67. The van der Waals surface area contributed by atoms with E-state index in [0.29, 0.717) is 11.6 Å². The molecule has 1 aliphatic heterocycles. The fraction of sp³-hybridized carbons (Fsp3) is 0.355. The van der Waals surface area contributed by atoms with E-state index < -0.39 is 34.6 Å². The van der Waals surface area contributed by atoms with Gasteiger partial charge in [0.1, 0.15) is 11.1 Å². The minimum atomic E-state index is -2.39. The van der Waals surface area contributed by atoms with Gasteiger partial charge in [-0.15, -0.1) is 0 Å². The molecule has 6 rings (SSSR count). The highest BCUT2D eigenvalue weighted by Gasteiger charge is 2.61. The molecule has 0 spiro atoms. The number of aliphatic hydroxyl groups is 1. The van der Waals surface area contributed by atoms with E-state index in [9.17, 15) is 19.5 Å².